The van der Waals surface area contributed by atoms with Crippen LogP contribution in [-0.4, -0.2) is 16.6 Å². The van der Waals surface area contributed by atoms with Gasteiger partial charge in [-0.25, -0.2) is 5.01 Å². The normalized spacial score (nSPS) is 17.5. The lowest BCUT2D eigenvalue weighted by Gasteiger charge is -2.21. The fourth-order valence-corrected chi connectivity index (χ4v) is 2.92. The molecule has 4 heteroatoms. The lowest BCUT2D eigenvalue weighted by atomic mass is 9.98. The molecule has 1 aliphatic heterocycles. The summed E-state index contributed by atoms with van der Waals surface area (Å²) in [7, 11) is 0. The minimum Gasteiger partial charge on any atom is -0.273 e. The largest absolute Gasteiger partial charge is 0.273 e. The maximum atomic E-state index is 12.3. The van der Waals surface area contributed by atoms with Crippen LogP contribution in [-0.2, 0) is 4.79 Å². The van der Waals surface area contributed by atoms with Crippen molar-refractivity contribution in [3.05, 3.63) is 70.2 Å². The molecule has 1 atom stereocenters. The second kappa shape index (κ2) is 6.44. The first-order valence-electron chi connectivity index (χ1n) is 7.39. The van der Waals surface area contributed by atoms with Crippen LogP contribution in [0.5, 0.6) is 0 Å². The summed E-state index contributed by atoms with van der Waals surface area (Å²) in [5, 5.41) is 6.24. The summed E-state index contributed by atoms with van der Waals surface area (Å²) in [6.07, 6.45) is 1.20. The molecule has 112 valence electrons. The molecular formula is C18H17BrN2O. The highest BCUT2D eigenvalue weighted by Crippen LogP contribution is 2.33. The molecule has 0 radical (unpaired) electrons. The van der Waals surface area contributed by atoms with Gasteiger partial charge >= 0.3 is 0 Å². The van der Waals surface area contributed by atoms with Crippen molar-refractivity contribution in [3.8, 4) is 0 Å². The van der Waals surface area contributed by atoms with Crippen molar-refractivity contribution in [1.29, 1.82) is 0 Å². The van der Waals surface area contributed by atoms with E-state index in [0.29, 0.717) is 6.42 Å². The molecule has 3 rings (SSSR count). The van der Waals surface area contributed by atoms with E-state index in [0.717, 1.165) is 27.7 Å². The molecule has 0 aromatic heterocycles. The van der Waals surface area contributed by atoms with E-state index in [4.69, 9.17) is 0 Å². The number of carbonyl (C=O) groups is 1. The fraction of sp³-hybridized carbons (Fsp3) is 0.222. The molecule has 0 fully saturated rings. The predicted molar refractivity (Wildman–Crippen MR) is 91.6 cm³/mol. The van der Waals surface area contributed by atoms with E-state index < -0.39 is 0 Å². The van der Waals surface area contributed by atoms with E-state index >= 15 is 0 Å². The highest BCUT2D eigenvalue weighted by Gasteiger charge is 2.32. The van der Waals surface area contributed by atoms with Gasteiger partial charge in [0.05, 0.1) is 11.8 Å². The highest BCUT2D eigenvalue weighted by molar-refractivity contribution is 9.10. The van der Waals surface area contributed by atoms with Crippen LogP contribution < -0.4 is 0 Å². The van der Waals surface area contributed by atoms with Gasteiger partial charge in [-0.3, -0.25) is 4.79 Å². The first-order chi connectivity index (χ1) is 10.7. The summed E-state index contributed by atoms with van der Waals surface area (Å²) in [5.41, 5.74) is 3.16. The van der Waals surface area contributed by atoms with Crippen molar-refractivity contribution in [2.24, 2.45) is 5.10 Å². The van der Waals surface area contributed by atoms with Crippen LogP contribution in [0.3, 0.4) is 0 Å². The van der Waals surface area contributed by atoms with E-state index in [2.05, 4.69) is 21.0 Å². The van der Waals surface area contributed by atoms with Gasteiger partial charge in [-0.1, -0.05) is 65.3 Å². The summed E-state index contributed by atoms with van der Waals surface area (Å²) in [4.78, 5) is 12.3. The molecule has 0 aliphatic carbocycles. The Morgan fingerprint density at radius 1 is 1.18 bits per heavy atom. The zero-order valence-electron chi connectivity index (χ0n) is 12.4. The molecule has 1 amide bonds. The number of hydrogen-bond acceptors (Lipinski definition) is 2. The monoisotopic (exact) mass is 356 g/mol. The quantitative estimate of drug-likeness (QED) is 0.794. The minimum atomic E-state index is -0.0178. The van der Waals surface area contributed by atoms with Crippen LogP contribution in [0.25, 0.3) is 0 Å². The van der Waals surface area contributed by atoms with Crippen LogP contribution >= 0.6 is 15.9 Å². The maximum absolute atomic E-state index is 12.3. The molecule has 3 nitrogen and oxygen atoms in total. The molecule has 0 saturated heterocycles. The van der Waals surface area contributed by atoms with Gasteiger partial charge in [0.15, 0.2) is 0 Å². The zero-order chi connectivity index (χ0) is 15.5. The summed E-state index contributed by atoms with van der Waals surface area (Å²) >= 11 is 3.45. The third kappa shape index (κ3) is 2.97. The van der Waals surface area contributed by atoms with Gasteiger partial charge in [-0.05, 0) is 23.3 Å². The third-order valence-corrected chi connectivity index (χ3v) is 4.36. The Morgan fingerprint density at radius 2 is 1.86 bits per heavy atom. The molecule has 0 bridgehead atoms. The molecular weight excluding hydrogens is 340 g/mol. The molecule has 1 aliphatic rings. The van der Waals surface area contributed by atoms with Crippen molar-refractivity contribution < 1.29 is 4.79 Å². The predicted octanol–water partition coefficient (Wildman–Crippen LogP) is 4.54. The van der Waals surface area contributed by atoms with Crippen LogP contribution in [0.1, 0.15) is 36.9 Å². The zero-order valence-corrected chi connectivity index (χ0v) is 14.0. The van der Waals surface area contributed by atoms with Crippen molar-refractivity contribution in [2.75, 3.05) is 0 Å². The smallest absolute Gasteiger partial charge is 0.242 e. The van der Waals surface area contributed by atoms with Crippen molar-refractivity contribution in [3.63, 3.8) is 0 Å². The fourth-order valence-electron chi connectivity index (χ4n) is 2.65. The maximum Gasteiger partial charge on any atom is 0.242 e. The van der Waals surface area contributed by atoms with Crippen LogP contribution in [0.4, 0.5) is 0 Å². The summed E-state index contributed by atoms with van der Waals surface area (Å²) in [6.45, 7) is 1.87. The molecule has 0 unspecified atom stereocenters. The SMILES string of the molecule is CCC(=O)N1N=C(c2ccccc2)C[C@H]1c1ccc(Br)cc1. The minimum absolute atomic E-state index is 0.0178. The van der Waals surface area contributed by atoms with E-state index in [-0.39, 0.29) is 11.9 Å². The standard InChI is InChI=1S/C18H17BrN2O/c1-2-18(22)21-17(14-8-10-15(19)11-9-14)12-16(20-21)13-6-4-3-5-7-13/h3-11,17H,2,12H2,1H3/t17-/m0/s1. The molecule has 1 heterocycles. The van der Waals surface area contributed by atoms with Gasteiger partial charge in [-0.15, -0.1) is 0 Å². The first-order valence-corrected chi connectivity index (χ1v) is 8.18. The van der Waals surface area contributed by atoms with Crippen molar-refractivity contribution in [1.82, 2.24) is 5.01 Å². The summed E-state index contributed by atoms with van der Waals surface area (Å²) in [5.74, 6) is 0.0545. The van der Waals surface area contributed by atoms with E-state index in [1.807, 2.05) is 61.5 Å². The average Bonchev–Trinajstić information content (AvgIpc) is 3.01. The summed E-state index contributed by atoms with van der Waals surface area (Å²) < 4.78 is 1.03. The number of hydrazone groups is 1. The van der Waals surface area contributed by atoms with E-state index in [1.165, 1.54) is 0 Å². The lowest BCUT2D eigenvalue weighted by Crippen LogP contribution is -2.26. The molecule has 22 heavy (non-hydrogen) atoms. The van der Waals surface area contributed by atoms with Gasteiger partial charge in [0, 0.05) is 17.3 Å². The Morgan fingerprint density at radius 3 is 2.50 bits per heavy atom. The lowest BCUT2D eigenvalue weighted by molar-refractivity contribution is -0.132. The Kier molecular flexibility index (Phi) is 4.39. The van der Waals surface area contributed by atoms with Gasteiger partial charge < -0.3 is 0 Å². The number of rotatable bonds is 3. The molecule has 2 aromatic carbocycles. The molecule has 2 aromatic rings. The molecule has 0 spiro atoms. The Bertz CT molecular complexity index is 695. The van der Waals surface area contributed by atoms with Crippen molar-refractivity contribution in [2.45, 2.75) is 25.8 Å². The van der Waals surface area contributed by atoms with Crippen LogP contribution in [0, 0.1) is 0 Å². The van der Waals surface area contributed by atoms with Crippen LogP contribution in [0.2, 0.25) is 0 Å². The number of carbonyl (C=O) groups excluding carboxylic acids is 1. The number of amides is 1. The van der Waals surface area contributed by atoms with E-state index in [9.17, 15) is 4.79 Å². The number of halogens is 1. The average molecular weight is 357 g/mol. The van der Waals surface area contributed by atoms with E-state index in [1.54, 1.807) is 5.01 Å². The van der Waals surface area contributed by atoms with Gasteiger partial charge in [0.25, 0.3) is 0 Å². The van der Waals surface area contributed by atoms with Gasteiger partial charge in [0.2, 0.25) is 5.91 Å². The van der Waals surface area contributed by atoms with Gasteiger partial charge in [0.1, 0.15) is 0 Å². The number of benzene rings is 2. The Balaban J connectivity index is 1.94. The molecule has 0 saturated carbocycles. The molecule has 0 N–H and O–H groups in total. The third-order valence-electron chi connectivity index (χ3n) is 3.83. The topological polar surface area (TPSA) is 32.7 Å². The Hall–Kier alpha value is -1.94. The number of nitrogens with zero attached hydrogens (tertiary/aromatic N) is 2. The first kappa shape index (κ1) is 15.0. The second-order valence-corrected chi connectivity index (χ2v) is 6.19. The van der Waals surface area contributed by atoms with Crippen molar-refractivity contribution >= 4 is 27.5 Å². The second-order valence-electron chi connectivity index (χ2n) is 5.28. The Labute approximate surface area is 138 Å². The summed E-state index contributed by atoms with van der Waals surface area (Å²) in [6, 6.07) is 18.1. The van der Waals surface area contributed by atoms with Gasteiger partial charge in [-0.2, -0.15) is 5.10 Å². The van der Waals surface area contributed by atoms with Crippen LogP contribution in [0.15, 0.2) is 64.2 Å². The highest BCUT2D eigenvalue weighted by atomic mass is 79.9. The number of hydrogen-bond donors (Lipinski definition) is 0.